The number of carboxylic acids is 1. The topological polar surface area (TPSA) is 118 Å². The van der Waals surface area contributed by atoms with E-state index in [0.29, 0.717) is 12.1 Å². The van der Waals surface area contributed by atoms with Crippen LogP contribution in [0.1, 0.15) is 10.4 Å². The van der Waals surface area contributed by atoms with Crippen LogP contribution in [0.15, 0.2) is 17.0 Å². The third kappa shape index (κ3) is 4.44. The predicted octanol–water partition coefficient (Wildman–Crippen LogP) is -0.0141. The number of rotatable bonds is 6. The molecule has 0 atom stereocenters. The van der Waals surface area contributed by atoms with Crippen LogP contribution in [0.2, 0.25) is 0 Å². The van der Waals surface area contributed by atoms with Crippen LogP contribution in [0, 0.1) is 11.6 Å². The molecule has 0 amide bonds. The van der Waals surface area contributed by atoms with Gasteiger partial charge >= 0.3 is 5.97 Å². The first kappa shape index (κ1) is 17.5. The Hall–Kier alpha value is -1.59. The number of sulfone groups is 1. The Morgan fingerprint density at radius 1 is 1.24 bits per heavy atom. The van der Waals surface area contributed by atoms with Gasteiger partial charge in [0.2, 0.25) is 10.0 Å². The Bertz CT molecular complexity index is 773. The minimum atomic E-state index is -4.51. The van der Waals surface area contributed by atoms with Crippen LogP contribution in [-0.2, 0) is 19.9 Å². The standard InChI is InChI=1S/C10H11F2NO6S2/c1-20(16,17)5-4-13-21(18,19)7-3-2-6(11)8(9(7)12)10(14)15/h2-3,13H,4-5H2,1H3,(H,14,15). The first-order valence-electron chi connectivity index (χ1n) is 5.34. The molecule has 0 bridgehead atoms. The van der Waals surface area contributed by atoms with Crippen molar-refractivity contribution >= 4 is 25.8 Å². The molecule has 1 aromatic carbocycles. The Morgan fingerprint density at radius 3 is 2.29 bits per heavy atom. The van der Waals surface area contributed by atoms with Crippen molar-refractivity contribution in [2.24, 2.45) is 0 Å². The Kier molecular flexibility index (Phi) is 5.02. The quantitative estimate of drug-likeness (QED) is 0.750. The van der Waals surface area contributed by atoms with Crippen LogP contribution < -0.4 is 4.72 Å². The highest BCUT2D eigenvalue weighted by Gasteiger charge is 2.26. The summed E-state index contributed by atoms with van der Waals surface area (Å²) in [5.41, 5.74) is -1.40. The van der Waals surface area contributed by atoms with E-state index in [9.17, 15) is 30.4 Å². The minimum absolute atomic E-state index is 0.498. The van der Waals surface area contributed by atoms with Gasteiger partial charge in [-0.2, -0.15) is 0 Å². The van der Waals surface area contributed by atoms with E-state index in [-0.39, 0.29) is 0 Å². The first-order chi connectivity index (χ1) is 9.46. The Labute approximate surface area is 119 Å². The van der Waals surface area contributed by atoms with E-state index in [1.807, 2.05) is 0 Å². The van der Waals surface area contributed by atoms with Gasteiger partial charge in [0.1, 0.15) is 26.1 Å². The van der Waals surface area contributed by atoms with E-state index in [1.54, 1.807) is 4.72 Å². The van der Waals surface area contributed by atoms with Gasteiger partial charge in [-0.05, 0) is 12.1 Å². The van der Waals surface area contributed by atoms with Gasteiger partial charge in [0.25, 0.3) is 0 Å². The average Bonchev–Trinajstić information content (AvgIpc) is 2.25. The highest BCUT2D eigenvalue weighted by molar-refractivity contribution is 7.91. The molecule has 0 aliphatic carbocycles. The number of carbonyl (C=O) groups is 1. The van der Waals surface area contributed by atoms with E-state index < -0.39 is 60.2 Å². The molecule has 118 valence electrons. The van der Waals surface area contributed by atoms with Crippen LogP contribution >= 0.6 is 0 Å². The lowest BCUT2D eigenvalue weighted by atomic mass is 10.2. The van der Waals surface area contributed by atoms with Gasteiger partial charge in [-0.15, -0.1) is 0 Å². The van der Waals surface area contributed by atoms with Crippen molar-refractivity contribution in [1.82, 2.24) is 4.72 Å². The van der Waals surface area contributed by atoms with E-state index in [0.717, 1.165) is 6.26 Å². The van der Waals surface area contributed by atoms with Crippen molar-refractivity contribution in [3.63, 3.8) is 0 Å². The summed E-state index contributed by atoms with van der Waals surface area (Å²) < 4.78 is 74.0. The number of benzene rings is 1. The van der Waals surface area contributed by atoms with Crippen molar-refractivity contribution in [3.05, 3.63) is 29.3 Å². The third-order valence-electron chi connectivity index (χ3n) is 2.32. The lowest BCUT2D eigenvalue weighted by Crippen LogP contribution is -2.30. The second kappa shape index (κ2) is 6.03. The molecule has 0 aliphatic heterocycles. The van der Waals surface area contributed by atoms with Gasteiger partial charge in [-0.25, -0.2) is 35.1 Å². The van der Waals surface area contributed by atoms with Gasteiger partial charge < -0.3 is 5.11 Å². The fraction of sp³-hybridized carbons (Fsp3) is 0.300. The number of aromatic carboxylic acids is 1. The van der Waals surface area contributed by atoms with Gasteiger partial charge in [-0.1, -0.05) is 0 Å². The zero-order valence-electron chi connectivity index (χ0n) is 10.6. The molecule has 11 heteroatoms. The molecular weight excluding hydrogens is 332 g/mol. The smallest absolute Gasteiger partial charge is 0.341 e. The zero-order valence-corrected chi connectivity index (χ0v) is 12.3. The average molecular weight is 343 g/mol. The molecule has 0 aromatic heterocycles. The Morgan fingerprint density at radius 2 is 1.81 bits per heavy atom. The van der Waals surface area contributed by atoms with Gasteiger partial charge in [0.05, 0.1) is 5.75 Å². The Balaban J connectivity index is 3.15. The summed E-state index contributed by atoms with van der Waals surface area (Å²) in [4.78, 5) is 9.62. The monoisotopic (exact) mass is 343 g/mol. The van der Waals surface area contributed by atoms with Crippen molar-refractivity contribution < 1.29 is 35.5 Å². The molecule has 1 rings (SSSR count). The summed E-state index contributed by atoms with van der Waals surface area (Å²) in [6.07, 6.45) is 0.877. The highest BCUT2D eigenvalue weighted by Crippen LogP contribution is 2.20. The van der Waals surface area contributed by atoms with Gasteiger partial charge in [-0.3, -0.25) is 0 Å². The van der Waals surface area contributed by atoms with Gasteiger partial charge in [0, 0.05) is 12.8 Å². The molecule has 2 N–H and O–H groups in total. The molecule has 1 aromatic rings. The fourth-order valence-electron chi connectivity index (χ4n) is 1.38. The summed E-state index contributed by atoms with van der Waals surface area (Å²) in [6.45, 7) is -0.527. The minimum Gasteiger partial charge on any atom is -0.477 e. The molecule has 0 saturated carbocycles. The highest BCUT2D eigenvalue weighted by atomic mass is 32.2. The van der Waals surface area contributed by atoms with Crippen molar-refractivity contribution in [2.45, 2.75) is 4.90 Å². The van der Waals surface area contributed by atoms with Crippen LogP contribution in [0.5, 0.6) is 0 Å². The largest absolute Gasteiger partial charge is 0.477 e. The molecule has 0 saturated heterocycles. The number of hydrogen-bond acceptors (Lipinski definition) is 5. The van der Waals surface area contributed by atoms with Crippen molar-refractivity contribution in [1.29, 1.82) is 0 Å². The molecular formula is C10H11F2NO6S2. The molecule has 7 nitrogen and oxygen atoms in total. The molecule has 21 heavy (non-hydrogen) atoms. The summed E-state index contributed by atoms with van der Waals surface area (Å²) in [6, 6.07) is 1.05. The zero-order chi connectivity index (χ0) is 16.4. The normalized spacial score (nSPS) is 12.3. The number of halogens is 2. The van der Waals surface area contributed by atoms with Crippen molar-refractivity contribution in [3.8, 4) is 0 Å². The number of sulfonamides is 1. The maximum atomic E-state index is 13.8. The third-order valence-corrected chi connectivity index (χ3v) is 4.75. The molecule has 0 radical (unpaired) electrons. The molecule has 0 unspecified atom stereocenters. The summed E-state index contributed by atoms with van der Waals surface area (Å²) >= 11 is 0. The second-order valence-electron chi connectivity index (χ2n) is 4.07. The molecule has 0 fully saturated rings. The van der Waals surface area contributed by atoms with E-state index in [1.165, 1.54) is 0 Å². The fourth-order valence-corrected chi connectivity index (χ4v) is 3.09. The summed E-state index contributed by atoms with van der Waals surface area (Å²) in [5, 5.41) is 8.64. The maximum Gasteiger partial charge on any atom is 0.341 e. The number of hydrogen-bond donors (Lipinski definition) is 2. The number of nitrogens with one attached hydrogen (secondary N) is 1. The lowest BCUT2D eigenvalue weighted by Gasteiger charge is -2.09. The van der Waals surface area contributed by atoms with Gasteiger partial charge in [0.15, 0.2) is 5.82 Å². The van der Waals surface area contributed by atoms with E-state index >= 15 is 0 Å². The van der Waals surface area contributed by atoms with Crippen LogP contribution in [-0.4, -0.2) is 46.5 Å². The second-order valence-corrected chi connectivity index (χ2v) is 8.06. The molecule has 0 heterocycles. The predicted molar refractivity (Wildman–Crippen MR) is 68.2 cm³/mol. The molecule has 0 spiro atoms. The summed E-state index contributed by atoms with van der Waals surface area (Å²) in [7, 11) is -7.95. The van der Waals surface area contributed by atoms with Crippen LogP contribution in [0.4, 0.5) is 8.78 Å². The SMILES string of the molecule is CS(=O)(=O)CCNS(=O)(=O)c1ccc(F)c(C(=O)O)c1F. The maximum absolute atomic E-state index is 13.8. The first-order valence-corrected chi connectivity index (χ1v) is 8.89. The van der Waals surface area contributed by atoms with E-state index in [4.69, 9.17) is 5.11 Å². The summed E-state index contributed by atoms with van der Waals surface area (Å²) in [5.74, 6) is -5.66. The lowest BCUT2D eigenvalue weighted by molar-refractivity contribution is 0.0685. The van der Waals surface area contributed by atoms with Crippen LogP contribution in [0.25, 0.3) is 0 Å². The van der Waals surface area contributed by atoms with Crippen LogP contribution in [0.3, 0.4) is 0 Å². The van der Waals surface area contributed by atoms with E-state index in [2.05, 4.69) is 0 Å². The van der Waals surface area contributed by atoms with Crippen molar-refractivity contribution in [2.75, 3.05) is 18.6 Å². The molecule has 0 aliphatic rings. The number of carboxylic acid groups (broad SMARTS) is 1.